The predicted octanol–water partition coefficient (Wildman–Crippen LogP) is 0.0665. The minimum atomic E-state index is -1.36. The van der Waals surface area contributed by atoms with Gasteiger partial charge >= 0.3 is 6.01 Å². The number of amidine groups is 1. The SMILES string of the molecule is N=C(N)C1OC(n2cnc3c(N)nc(OCCc4c[nH]c5ccccc45)nc32)C(O)C1O. The van der Waals surface area contributed by atoms with Crippen LogP contribution in [0.5, 0.6) is 6.01 Å². The van der Waals surface area contributed by atoms with Gasteiger partial charge in [-0.15, -0.1) is 0 Å². The van der Waals surface area contributed by atoms with Crippen molar-refractivity contribution in [2.24, 2.45) is 5.73 Å². The van der Waals surface area contributed by atoms with Gasteiger partial charge in [0.2, 0.25) is 0 Å². The molecule has 1 aliphatic heterocycles. The van der Waals surface area contributed by atoms with E-state index >= 15 is 0 Å². The molecule has 0 spiro atoms. The molecule has 4 heterocycles. The highest BCUT2D eigenvalue weighted by Crippen LogP contribution is 2.32. The summed E-state index contributed by atoms with van der Waals surface area (Å²) in [5.74, 6) is -0.286. The minimum absolute atomic E-state index is 0.0488. The van der Waals surface area contributed by atoms with E-state index in [0.717, 1.165) is 16.5 Å². The van der Waals surface area contributed by atoms with Crippen LogP contribution in [0.3, 0.4) is 0 Å². The van der Waals surface area contributed by atoms with Crippen molar-refractivity contribution >= 4 is 33.7 Å². The van der Waals surface area contributed by atoms with E-state index in [0.29, 0.717) is 18.5 Å². The molecule has 4 unspecified atom stereocenters. The molecule has 166 valence electrons. The third-order valence-corrected chi connectivity index (χ3v) is 5.52. The topological polar surface area (TPSA) is 194 Å². The number of nitrogen functional groups attached to an aromatic ring is 1. The Balaban J connectivity index is 1.38. The maximum atomic E-state index is 10.4. The molecule has 3 aromatic heterocycles. The van der Waals surface area contributed by atoms with E-state index in [2.05, 4.69) is 19.9 Å². The Hall–Kier alpha value is -3.74. The normalized spacial score (nSPS) is 23.2. The molecule has 0 saturated carbocycles. The molecule has 12 heteroatoms. The number of nitrogens with zero attached hydrogens (tertiary/aromatic N) is 4. The average molecular weight is 438 g/mol. The number of imidazole rings is 1. The Kier molecular flexibility index (Phi) is 4.89. The summed E-state index contributed by atoms with van der Waals surface area (Å²) in [5, 5.41) is 29.2. The molecule has 8 N–H and O–H groups in total. The van der Waals surface area contributed by atoms with Gasteiger partial charge in [0.15, 0.2) is 23.2 Å². The van der Waals surface area contributed by atoms with Crippen LogP contribution in [0.1, 0.15) is 11.8 Å². The molecule has 1 aliphatic rings. The van der Waals surface area contributed by atoms with Crippen molar-refractivity contribution in [1.82, 2.24) is 24.5 Å². The van der Waals surface area contributed by atoms with Crippen molar-refractivity contribution in [3.8, 4) is 6.01 Å². The molecule has 1 fully saturated rings. The van der Waals surface area contributed by atoms with Gasteiger partial charge in [-0.25, -0.2) is 4.98 Å². The number of nitrogens with one attached hydrogen (secondary N) is 2. The number of benzene rings is 1. The number of nitrogens with two attached hydrogens (primary N) is 2. The second-order valence-corrected chi connectivity index (χ2v) is 7.56. The quantitative estimate of drug-likeness (QED) is 0.178. The summed E-state index contributed by atoms with van der Waals surface area (Å²) >= 11 is 0. The van der Waals surface area contributed by atoms with Crippen molar-refractivity contribution in [2.45, 2.75) is 31.0 Å². The summed E-state index contributed by atoms with van der Waals surface area (Å²) in [4.78, 5) is 15.9. The zero-order chi connectivity index (χ0) is 22.4. The standard InChI is InChI=1S/C20H22N8O4/c21-16(22)15-13(29)14(30)19(32-15)28-8-25-12-17(23)26-20(27-18(12)28)31-6-5-9-7-24-11-4-2-1-3-10(9)11/h1-4,7-8,13-15,19,24,29-30H,5-6H2,(H3,21,22)(H2,23,26,27). The Morgan fingerprint density at radius 3 is 2.84 bits per heavy atom. The number of ether oxygens (including phenoxy) is 2. The summed E-state index contributed by atoms with van der Waals surface area (Å²) in [6, 6.07) is 8.04. The van der Waals surface area contributed by atoms with Gasteiger partial charge in [-0.1, -0.05) is 18.2 Å². The van der Waals surface area contributed by atoms with Crippen LogP contribution in [0.15, 0.2) is 36.8 Å². The van der Waals surface area contributed by atoms with Crippen LogP contribution in [0, 0.1) is 5.41 Å². The van der Waals surface area contributed by atoms with Crippen LogP contribution in [-0.4, -0.2) is 65.5 Å². The number of anilines is 1. The van der Waals surface area contributed by atoms with E-state index < -0.39 is 24.5 Å². The van der Waals surface area contributed by atoms with E-state index in [4.69, 9.17) is 26.4 Å². The fourth-order valence-corrected chi connectivity index (χ4v) is 3.91. The number of rotatable bonds is 6. The summed E-state index contributed by atoms with van der Waals surface area (Å²) in [7, 11) is 0. The number of H-pyrrole nitrogens is 1. The highest BCUT2D eigenvalue weighted by Gasteiger charge is 2.45. The summed E-state index contributed by atoms with van der Waals surface area (Å²) < 4.78 is 12.7. The van der Waals surface area contributed by atoms with Crippen molar-refractivity contribution in [1.29, 1.82) is 5.41 Å². The fraction of sp³-hybridized carbons (Fsp3) is 0.300. The molecule has 5 rings (SSSR count). The van der Waals surface area contributed by atoms with Crippen LogP contribution in [0.25, 0.3) is 22.1 Å². The van der Waals surface area contributed by atoms with Gasteiger partial charge < -0.3 is 36.1 Å². The number of aliphatic hydroxyl groups is 2. The zero-order valence-electron chi connectivity index (χ0n) is 16.8. The van der Waals surface area contributed by atoms with Crippen molar-refractivity contribution in [2.75, 3.05) is 12.3 Å². The minimum Gasteiger partial charge on any atom is -0.463 e. The molecular formula is C20H22N8O4. The van der Waals surface area contributed by atoms with E-state index in [9.17, 15) is 10.2 Å². The summed E-state index contributed by atoms with van der Waals surface area (Å²) in [6.45, 7) is 0.314. The maximum Gasteiger partial charge on any atom is 0.320 e. The summed E-state index contributed by atoms with van der Waals surface area (Å²) in [6.07, 6.45) is -0.965. The van der Waals surface area contributed by atoms with Crippen LogP contribution >= 0.6 is 0 Å². The van der Waals surface area contributed by atoms with Crippen molar-refractivity contribution in [3.63, 3.8) is 0 Å². The molecule has 0 bridgehead atoms. The maximum absolute atomic E-state index is 10.4. The highest BCUT2D eigenvalue weighted by molar-refractivity contribution is 5.84. The van der Waals surface area contributed by atoms with Gasteiger partial charge in [-0.3, -0.25) is 9.98 Å². The molecule has 0 amide bonds. The number of hydrogen-bond donors (Lipinski definition) is 6. The number of para-hydroxylation sites is 1. The van der Waals surface area contributed by atoms with Gasteiger partial charge in [0.05, 0.1) is 12.9 Å². The first-order valence-corrected chi connectivity index (χ1v) is 9.97. The van der Waals surface area contributed by atoms with Gasteiger partial charge in [0, 0.05) is 23.5 Å². The van der Waals surface area contributed by atoms with Gasteiger partial charge in [-0.2, -0.15) is 9.97 Å². The first kappa shape index (κ1) is 20.2. The number of fused-ring (bicyclic) bond motifs is 2. The Morgan fingerprint density at radius 1 is 1.25 bits per heavy atom. The fourth-order valence-electron chi connectivity index (χ4n) is 3.91. The Bertz CT molecular complexity index is 1300. The molecular weight excluding hydrogens is 416 g/mol. The van der Waals surface area contributed by atoms with Crippen molar-refractivity contribution < 1.29 is 19.7 Å². The lowest BCUT2D eigenvalue weighted by Crippen LogP contribution is -2.39. The summed E-state index contributed by atoms with van der Waals surface area (Å²) in [5.41, 5.74) is 14.2. The third kappa shape index (κ3) is 3.30. The van der Waals surface area contributed by atoms with Crippen LogP contribution in [-0.2, 0) is 11.2 Å². The second kappa shape index (κ2) is 7.75. The lowest BCUT2D eigenvalue weighted by atomic mass is 10.1. The molecule has 4 atom stereocenters. The van der Waals surface area contributed by atoms with Crippen LogP contribution < -0.4 is 16.2 Å². The molecule has 1 saturated heterocycles. The van der Waals surface area contributed by atoms with Gasteiger partial charge in [-0.05, 0) is 11.6 Å². The van der Waals surface area contributed by atoms with Crippen LogP contribution in [0.2, 0.25) is 0 Å². The third-order valence-electron chi connectivity index (χ3n) is 5.52. The van der Waals surface area contributed by atoms with Gasteiger partial charge in [0.25, 0.3) is 0 Å². The first-order chi connectivity index (χ1) is 15.4. The number of aliphatic hydroxyl groups excluding tert-OH is 2. The molecule has 0 aliphatic carbocycles. The van der Waals surface area contributed by atoms with Gasteiger partial charge in [0.1, 0.15) is 24.1 Å². The lowest BCUT2D eigenvalue weighted by molar-refractivity contribution is -0.0220. The average Bonchev–Trinajstić information content (AvgIpc) is 3.45. The molecule has 1 aromatic carbocycles. The second-order valence-electron chi connectivity index (χ2n) is 7.56. The molecule has 12 nitrogen and oxygen atoms in total. The molecule has 4 aromatic rings. The van der Waals surface area contributed by atoms with Crippen LogP contribution in [0.4, 0.5) is 5.82 Å². The first-order valence-electron chi connectivity index (χ1n) is 9.97. The number of aromatic nitrogens is 5. The number of aromatic amines is 1. The van der Waals surface area contributed by atoms with E-state index in [1.807, 2.05) is 30.5 Å². The molecule has 32 heavy (non-hydrogen) atoms. The predicted molar refractivity (Wildman–Crippen MR) is 115 cm³/mol. The Labute approximate surface area is 181 Å². The van der Waals surface area contributed by atoms with E-state index in [1.54, 1.807) is 0 Å². The highest BCUT2D eigenvalue weighted by atomic mass is 16.6. The largest absolute Gasteiger partial charge is 0.463 e. The number of hydrogen-bond acceptors (Lipinski definition) is 9. The molecule has 0 radical (unpaired) electrons. The lowest BCUT2D eigenvalue weighted by Gasteiger charge is -2.16. The monoisotopic (exact) mass is 438 g/mol. The smallest absolute Gasteiger partial charge is 0.320 e. The zero-order valence-corrected chi connectivity index (χ0v) is 16.8. The van der Waals surface area contributed by atoms with E-state index in [1.165, 1.54) is 10.9 Å². The van der Waals surface area contributed by atoms with Crippen molar-refractivity contribution in [3.05, 3.63) is 42.4 Å². The van der Waals surface area contributed by atoms with E-state index in [-0.39, 0.29) is 23.3 Å². The Morgan fingerprint density at radius 2 is 2.06 bits per heavy atom.